The molecule has 0 fully saturated rings. The fraction of sp³-hybridized carbons (Fsp3) is 0.133. The van der Waals surface area contributed by atoms with Crippen LogP contribution in [0.15, 0.2) is 42.5 Å². The van der Waals surface area contributed by atoms with Gasteiger partial charge in [0.25, 0.3) is 5.91 Å². The van der Waals surface area contributed by atoms with Crippen molar-refractivity contribution in [2.45, 2.75) is 6.54 Å². The van der Waals surface area contributed by atoms with Crippen LogP contribution in [0.1, 0.15) is 15.9 Å². The Hall–Kier alpha value is -2.30. The fourth-order valence-electron chi connectivity index (χ4n) is 1.80. The predicted octanol–water partition coefficient (Wildman–Crippen LogP) is 3.38. The Morgan fingerprint density at radius 2 is 1.65 bits per heavy atom. The van der Waals surface area contributed by atoms with Crippen molar-refractivity contribution in [2.24, 2.45) is 0 Å². The Bertz CT molecular complexity index is 626. The number of hydrogen-bond donors (Lipinski definition) is 0. The predicted molar refractivity (Wildman–Crippen MR) is 68.6 cm³/mol. The fourth-order valence-corrected chi connectivity index (χ4v) is 1.80. The lowest BCUT2D eigenvalue weighted by Gasteiger charge is -2.17. The second-order valence-corrected chi connectivity index (χ2v) is 4.42. The standard InChI is InChI=1S/C15H12F3NO/c1-19(9-10-2-7-13(17)14(18)8-10)15(20)11-3-5-12(16)6-4-11/h2-8H,9H2,1H3. The van der Waals surface area contributed by atoms with E-state index in [9.17, 15) is 18.0 Å². The van der Waals surface area contributed by atoms with E-state index in [0.29, 0.717) is 11.1 Å². The molecule has 0 aromatic heterocycles. The van der Waals surface area contributed by atoms with Gasteiger partial charge < -0.3 is 4.90 Å². The molecule has 2 nitrogen and oxygen atoms in total. The summed E-state index contributed by atoms with van der Waals surface area (Å²) >= 11 is 0. The van der Waals surface area contributed by atoms with E-state index in [1.807, 2.05) is 0 Å². The van der Waals surface area contributed by atoms with E-state index in [2.05, 4.69) is 0 Å². The highest BCUT2D eigenvalue weighted by atomic mass is 19.2. The summed E-state index contributed by atoms with van der Waals surface area (Å²) in [4.78, 5) is 13.4. The Morgan fingerprint density at radius 1 is 1.00 bits per heavy atom. The third kappa shape index (κ3) is 3.17. The molecule has 0 unspecified atom stereocenters. The Morgan fingerprint density at radius 3 is 2.25 bits per heavy atom. The van der Waals surface area contributed by atoms with Gasteiger partial charge in [-0.1, -0.05) is 6.07 Å². The first kappa shape index (κ1) is 14.1. The monoisotopic (exact) mass is 279 g/mol. The van der Waals surface area contributed by atoms with Crippen molar-refractivity contribution in [3.63, 3.8) is 0 Å². The van der Waals surface area contributed by atoms with Crippen molar-refractivity contribution < 1.29 is 18.0 Å². The van der Waals surface area contributed by atoms with E-state index in [1.54, 1.807) is 0 Å². The van der Waals surface area contributed by atoms with Crippen LogP contribution >= 0.6 is 0 Å². The summed E-state index contributed by atoms with van der Waals surface area (Å²) < 4.78 is 38.7. The second-order valence-electron chi connectivity index (χ2n) is 4.42. The molecule has 1 amide bonds. The highest BCUT2D eigenvalue weighted by Gasteiger charge is 2.13. The van der Waals surface area contributed by atoms with Crippen molar-refractivity contribution in [2.75, 3.05) is 7.05 Å². The lowest BCUT2D eigenvalue weighted by Crippen LogP contribution is -2.26. The largest absolute Gasteiger partial charge is 0.337 e. The molecular weight excluding hydrogens is 267 g/mol. The highest BCUT2D eigenvalue weighted by Crippen LogP contribution is 2.12. The van der Waals surface area contributed by atoms with E-state index >= 15 is 0 Å². The lowest BCUT2D eigenvalue weighted by atomic mass is 10.1. The van der Waals surface area contributed by atoms with Gasteiger partial charge in [0.05, 0.1) is 0 Å². The van der Waals surface area contributed by atoms with Crippen molar-refractivity contribution in [3.05, 3.63) is 71.0 Å². The number of halogens is 3. The van der Waals surface area contributed by atoms with E-state index < -0.39 is 17.5 Å². The molecule has 2 rings (SSSR count). The van der Waals surface area contributed by atoms with Gasteiger partial charge in [0.15, 0.2) is 11.6 Å². The zero-order chi connectivity index (χ0) is 14.7. The number of carbonyl (C=O) groups excluding carboxylic acids is 1. The summed E-state index contributed by atoms with van der Waals surface area (Å²) in [5.74, 6) is -2.63. The first-order chi connectivity index (χ1) is 9.47. The number of nitrogens with zero attached hydrogens (tertiary/aromatic N) is 1. The van der Waals surface area contributed by atoms with Crippen LogP contribution in [0.5, 0.6) is 0 Å². The molecule has 0 radical (unpaired) electrons. The molecule has 0 heterocycles. The molecule has 0 aliphatic rings. The number of rotatable bonds is 3. The summed E-state index contributed by atoms with van der Waals surface area (Å²) in [5.41, 5.74) is 0.804. The molecule has 0 saturated carbocycles. The minimum Gasteiger partial charge on any atom is -0.337 e. The van der Waals surface area contributed by atoms with Gasteiger partial charge in [-0.2, -0.15) is 0 Å². The lowest BCUT2D eigenvalue weighted by molar-refractivity contribution is 0.0785. The van der Waals surface area contributed by atoms with Crippen molar-refractivity contribution in [1.82, 2.24) is 4.90 Å². The molecule has 20 heavy (non-hydrogen) atoms. The average molecular weight is 279 g/mol. The van der Waals surface area contributed by atoms with Gasteiger partial charge >= 0.3 is 0 Å². The van der Waals surface area contributed by atoms with Crippen LogP contribution in [0, 0.1) is 17.5 Å². The van der Waals surface area contributed by atoms with E-state index in [-0.39, 0.29) is 12.5 Å². The highest BCUT2D eigenvalue weighted by molar-refractivity contribution is 5.93. The summed E-state index contributed by atoms with van der Waals surface area (Å²) in [6, 6.07) is 8.60. The molecule has 2 aromatic carbocycles. The molecule has 0 bridgehead atoms. The SMILES string of the molecule is CN(Cc1ccc(F)c(F)c1)C(=O)c1ccc(F)cc1. The van der Waals surface area contributed by atoms with E-state index in [1.165, 1.54) is 42.3 Å². The van der Waals surface area contributed by atoms with Gasteiger partial charge in [-0.25, -0.2) is 13.2 Å². The van der Waals surface area contributed by atoms with Gasteiger partial charge in [0.2, 0.25) is 0 Å². The molecule has 0 spiro atoms. The zero-order valence-electron chi connectivity index (χ0n) is 10.7. The molecule has 0 saturated heterocycles. The van der Waals surface area contributed by atoms with E-state index in [4.69, 9.17) is 0 Å². The van der Waals surface area contributed by atoms with Gasteiger partial charge in [-0.3, -0.25) is 4.79 Å². The Kier molecular flexibility index (Phi) is 4.08. The smallest absolute Gasteiger partial charge is 0.253 e. The average Bonchev–Trinajstić information content (AvgIpc) is 2.43. The van der Waals surface area contributed by atoms with Crippen LogP contribution in [0.4, 0.5) is 13.2 Å². The molecule has 0 aliphatic carbocycles. The zero-order valence-corrected chi connectivity index (χ0v) is 10.7. The van der Waals surface area contributed by atoms with E-state index in [0.717, 1.165) is 12.1 Å². The third-order valence-corrected chi connectivity index (χ3v) is 2.84. The first-order valence-corrected chi connectivity index (χ1v) is 5.92. The van der Waals surface area contributed by atoms with Crippen LogP contribution in [0.25, 0.3) is 0 Å². The summed E-state index contributed by atoms with van der Waals surface area (Å²) in [5, 5.41) is 0. The number of carbonyl (C=O) groups is 1. The van der Waals surface area contributed by atoms with Crippen molar-refractivity contribution in [3.8, 4) is 0 Å². The second kappa shape index (κ2) is 5.77. The van der Waals surface area contributed by atoms with Crippen LogP contribution in [-0.2, 0) is 6.54 Å². The molecule has 0 atom stereocenters. The van der Waals surface area contributed by atoms with Crippen LogP contribution in [-0.4, -0.2) is 17.9 Å². The summed E-state index contributed by atoms with van der Waals surface area (Å²) in [7, 11) is 1.53. The number of amides is 1. The van der Waals surface area contributed by atoms with Crippen LogP contribution in [0.3, 0.4) is 0 Å². The number of benzene rings is 2. The normalized spacial score (nSPS) is 10.4. The Balaban J connectivity index is 2.11. The topological polar surface area (TPSA) is 20.3 Å². The van der Waals surface area contributed by atoms with Crippen molar-refractivity contribution in [1.29, 1.82) is 0 Å². The summed E-state index contributed by atoms with van der Waals surface area (Å²) in [6.45, 7) is 0.132. The minimum absolute atomic E-state index is 0.132. The quantitative estimate of drug-likeness (QED) is 0.843. The Labute approximate surface area is 114 Å². The maximum atomic E-state index is 13.1. The van der Waals surface area contributed by atoms with Crippen molar-refractivity contribution >= 4 is 5.91 Å². The molecular formula is C15H12F3NO. The number of hydrogen-bond acceptors (Lipinski definition) is 1. The maximum Gasteiger partial charge on any atom is 0.253 e. The minimum atomic E-state index is -0.954. The first-order valence-electron chi connectivity index (χ1n) is 5.92. The van der Waals surface area contributed by atoms with Gasteiger partial charge in [-0.15, -0.1) is 0 Å². The molecule has 2 aromatic rings. The maximum absolute atomic E-state index is 13.1. The third-order valence-electron chi connectivity index (χ3n) is 2.84. The summed E-state index contributed by atoms with van der Waals surface area (Å²) in [6.07, 6.45) is 0. The molecule has 0 N–H and O–H groups in total. The van der Waals surface area contributed by atoms with Gasteiger partial charge in [-0.05, 0) is 42.0 Å². The van der Waals surface area contributed by atoms with Gasteiger partial charge in [0, 0.05) is 19.2 Å². The molecule has 0 aliphatic heterocycles. The van der Waals surface area contributed by atoms with Crippen LogP contribution < -0.4 is 0 Å². The van der Waals surface area contributed by atoms with Crippen LogP contribution in [0.2, 0.25) is 0 Å². The molecule has 5 heteroatoms. The van der Waals surface area contributed by atoms with Gasteiger partial charge in [0.1, 0.15) is 5.82 Å². The molecule has 104 valence electrons.